The van der Waals surface area contributed by atoms with Gasteiger partial charge in [0, 0.05) is 37.3 Å². The summed E-state index contributed by atoms with van der Waals surface area (Å²) >= 11 is 0. The van der Waals surface area contributed by atoms with Crippen LogP contribution in [0.25, 0.3) is 22.4 Å². The Morgan fingerprint density at radius 1 is 0.969 bits per heavy atom. The predicted octanol–water partition coefficient (Wildman–Crippen LogP) is 3.93. The quantitative estimate of drug-likeness (QED) is 0.672. The van der Waals surface area contributed by atoms with Crippen LogP contribution in [0.2, 0.25) is 0 Å². The minimum absolute atomic E-state index is 0.0589. The van der Waals surface area contributed by atoms with E-state index in [0.717, 1.165) is 28.2 Å². The van der Waals surface area contributed by atoms with E-state index in [9.17, 15) is 9.59 Å². The number of hydrogen-bond donors (Lipinski definition) is 1. The van der Waals surface area contributed by atoms with Gasteiger partial charge in [0.2, 0.25) is 0 Å². The van der Waals surface area contributed by atoms with Gasteiger partial charge in [-0.05, 0) is 63.2 Å². The lowest BCUT2D eigenvalue weighted by atomic mass is 10.1. The van der Waals surface area contributed by atoms with Crippen LogP contribution in [0.4, 0.5) is 4.79 Å². The number of methoxy groups -OCH3 is 1. The number of imidazole rings is 1. The Bertz CT molecular complexity index is 1120. The molecule has 1 N–H and O–H groups in total. The average Bonchev–Trinajstić information content (AvgIpc) is 3.21. The van der Waals surface area contributed by atoms with Gasteiger partial charge in [0.1, 0.15) is 17.2 Å². The molecule has 0 saturated carbocycles. The zero-order chi connectivity index (χ0) is 22.9. The summed E-state index contributed by atoms with van der Waals surface area (Å²) in [5.41, 5.74) is 2.59. The Kier molecular flexibility index (Phi) is 5.78. The van der Waals surface area contributed by atoms with Crippen LogP contribution in [0.3, 0.4) is 0 Å². The molecule has 32 heavy (non-hydrogen) atoms. The van der Waals surface area contributed by atoms with Crippen molar-refractivity contribution in [2.45, 2.75) is 26.4 Å². The molecule has 1 fully saturated rings. The van der Waals surface area contributed by atoms with Crippen LogP contribution in [-0.2, 0) is 4.74 Å². The molecule has 4 rings (SSSR count). The maximum Gasteiger partial charge on any atom is 0.410 e. The van der Waals surface area contributed by atoms with Crippen molar-refractivity contribution in [3.63, 3.8) is 0 Å². The first-order valence-corrected chi connectivity index (χ1v) is 10.6. The molecule has 2 heterocycles. The molecule has 168 valence electrons. The van der Waals surface area contributed by atoms with E-state index in [-0.39, 0.29) is 12.0 Å². The Labute approximate surface area is 187 Å². The lowest BCUT2D eigenvalue weighted by molar-refractivity contribution is 0.0141. The molecular formula is C24H28N4O4. The fourth-order valence-electron chi connectivity index (χ4n) is 3.63. The highest BCUT2D eigenvalue weighted by Gasteiger charge is 2.28. The number of nitrogens with one attached hydrogen (secondary N) is 1. The van der Waals surface area contributed by atoms with E-state index < -0.39 is 5.60 Å². The van der Waals surface area contributed by atoms with Crippen LogP contribution in [0, 0.1) is 0 Å². The summed E-state index contributed by atoms with van der Waals surface area (Å²) in [6.45, 7) is 7.37. The molecule has 0 bridgehead atoms. The number of aromatic nitrogens is 2. The Balaban J connectivity index is 1.44. The minimum Gasteiger partial charge on any atom is -0.497 e. The van der Waals surface area contributed by atoms with Crippen molar-refractivity contribution in [2.75, 3.05) is 33.3 Å². The Hall–Kier alpha value is -3.55. The molecule has 1 aliphatic heterocycles. The van der Waals surface area contributed by atoms with Crippen molar-refractivity contribution < 1.29 is 19.1 Å². The molecule has 2 amide bonds. The number of fused-ring (bicyclic) bond motifs is 1. The van der Waals surface area contributed by atoms with Gasteiger partial charge in [0.15, 0.2) is 0 Å². The van der Waals surface area contributed by atoms with Crippen molar-refractivity contribution in [3.05, 3.63) is 48.0 Å². The van der Waals surface area contributed by atoms with Crippen molar-refractivity contribution in [2.24, 2.45) is 0 Å². The fraction of sp³-hybridized carbons (Fsp3) is 0.375. The molecule has 0 atom stereocenters. The number of benzene rings is 2. The molecule has 2 aromatic carbocycles. The van der Waals surface area contributed by atoms with E-state index in [1.165, 1.54) is 0 Å². The first-order valence-electron chi connectivity index (χ1n) is 10.6. The van der Waals surface area contributed by atoms with E-state index in [1.54, 1.807) is 23.0 Å². The van der Waals surface area contributed by atoms with Crippen molar-refractivity contribution in [3.8, 4) is 17.1 Å². The van der Waals surface area contributed by atoms with Crippen LogP contribution in [-0.4, -0.2) is 70.7 Å². The Morgan fingerprint density at radius 2 is 1.62 bits per heavy atom. The molecule has 8 heteroatoms. The summed E-state index contributed by atoms with van der Waals surface area (Å²) in [7, 11) is 1.63. The maximum atomic E-state index is 13.0. The number of piperazine rings is 1. The summed E-state index contributed by atoms with van der Waals surface area (Å²) < 4.78 is 10.6. The summed E-state index contributed by atoms with van der Waals surface area (Å²) in [6.07, 6.45) is -0.338. The molecular weight excluding hydrogens is 408 g/mol. The molecule has 0 aliphatic carbocycles. The number of carbonyl (C=O) groups is 2. The van der Waals surface area contributed by atoms with E-state index in [0.29, 0.717) is 31.7 Å². The second-order valence-electron chi connectivity index (χ2n) is 8.81. The minimum atomic E-state index is -0.534. The maximum absolute atomic E-state index is 13.0. The summed E-state index contributed by atoms with van der Waals surface area (Å²) in [4.78, 5) is 36.6. The molecule has 1 aromatic heterocycles. The normalized spacial score (nSPS) is 14.5. The number of nitrogens with zero attached hydrogens (tertiary/aromatic N) is 3. The number of carbonyl (C=O) groups excluding carboxylic acids is 2. The molecule has 1 aliphatic rings. The summed E-state index contributed by atoms with van der Waals surface area (Å²) in [5, 5.41) is 0. The third-order valence-electron chi connectivity index (χ3n) is 5.31. The highest BCUT2D eigenvalue weighted by Crippen LogP contribution is 2.24. The molecule has 0 unspecified atom stereocenters. The van der Waals surface area contributed by atoms with Gasteiger partial charge in [-0.1, -0.05) is 0 Å². The van der Waals surface area contributed by atoms with Crippen LogP contribution in [0.5, 0.6) is 5.75 Å². The van der Waals surface area contributed by atoms with Gasteiger partial charge >= 0.3 is 6.09 Å². The summed E-state index contributed by atoms with van der Waals surface area (Å²) in [6, 6.07) is 13.1. The van der Waals surface area contributed by atoms with Crippen molar-refractivity contribution in [1.29, 1.82) is 0 Å². The highest BCUT2D eigenvalue weighted by molar-refractivity contribution is 5.97. The number of aromatic amines is 1. The van der Waals surface area contributed by atoms with Gasteiger partial charge < -0.3 is 24.3 Å². The van der Waals surface area contributed by atoms with Gasteiger partial charge in [0.05, 0.1) is 18.1 Å². The fourth-order valence-corrected chi connectivity index (χ4v) is 3.63. The lowest BCUT2D eigenvalue weighted by Crippen LogP contribution is -2.51. The standard InChI is InChI=1S/C24H28N4O4/c1-24(2,3)32-23(30)28-13-11-27(12-14-28)22(29)17-7-10-19-20(15-17)26-21(25-19)16-5-8-18(31-4)9-6-16/h5-10,15H,11-14H2,1-4H3,(H,25,26). The number of ether oxygens (including phenoxy) is 2. The SMILES string of the molecule is COc1ccc(-c2nc3ccc(C(=O)N4CCN(C(=O)OC(C)(C)C)CC4)cc3[nH]2)cc1. The monoisotopic (exact) mass is 436 g/mol. The summed E-state index contributed by atoms with van der Waals surface area (Å²) in [5.74, 6) is 1.46. The Morgan fingerprint density at radius 3 is 2.25 bits per heavy atom. The smallest absolute Gasteiger partial charge is 0.410 e. The molecule has 0 spiro atoms. The first-order chi connectivity index (χ1) is 15.2. The van der Waals surface area contributed by atoms with Crippen molar-refractivity contribution >= 4 is 23.0 Å². The average molecular weight is 437 g/mol. The number of rotatable bonds is 3. The van der Waals surface area contributed by atoms with Gasteiger partial charge in [-0.2, -0.15) is 0 Å². The van der Waals surface area contributed by atoms with Crippen LogP contribution in [0.1, 0.15) is 31.1 Å². The number of H-pyrrole nitrogens is 1. The van der Waals surface area contributed by atoms with Crippen LogP contribution >= 0.6 is 0 Å². The zero-order valence-corrected chi connectivity index (χ0v) is 18.8. The third kappa shape index (κ3) is 4.69. The number of hydrogen-bond acceptors (Lipinski definition) is 5. The van der Waals surface area contributed by atoms with Gasteiger partial charge in [-0.15, -0.1) is 0 Å². The molecule has 8 nitrogen and oxygen atoms in total. The van der Waals surface area contributed by atoms with Crippen LogP contribution in [0.15, 0.2) is 42.5 Å². The van der Waals surface area contributed by atoms with Crippen molar-refractivity contribution in [1.82, 2.24) is 19.8 Å². The van der Waals surface area contributed by atoms with E-state index >= 15 is 0 Å². The molecule has 3 aromatic rings. The first kappa shape index (κ1) is 21.7. The number of amides is 2. The van der Waals surface area contributed by atoms with E-state index in [4.69, 9.17) is 9.47 Å². The predicted molar refractivity (Wildman–Crippen MR) is 122 cm³/mol. The topological polar surface area (TPSA) is 87.8 Å². The molecule has 1 saturated heterocycles. The largest absolute Gasteiger partial charge is 0.497 e. The van der Waals surface area contributed by atoms with Gasteiger partial charge in [0.25, 0.3) is 5.91 Å². The zero-order valence-electron chi connectivity index (χ0n) is 18.8. The molecule has 0 radical (unpaired) electrons. The van der Waals surface area contributed by atoms with E-state index in [1.807, 2.05) is 57.2 Å². The second kappa shape index (κ2) is 8.53. The van der Waals surface area contributed by atoms with Gasteiger partial charge in [-0.25, -0.2) is 9.78 Å². The third-order valence-corrected chi connectivity index (χ3v) is 5.31. The lowest BCUT2D eigenvalue weighted by Gasteiger charge is -2.35. The van der Waals surface area contributed by atoms with Gasteiger partial charge in [-0.3, -0.25) is 4.79 Å². The van der Waals surface area contributed by atoms with E-state index in [2.05, 4.69) is 9.97 Å². The highest BCUT2D eigenvalue weighted by atomic mass is 16.6. The second-order valence-corrected chi connectivity index (χ2v) is 8.81. The van der Waals surface area contributed by atoms with Crippen LogP contribution < -0.4 is 4.74 Å².